The second-order valence-corrected chi connectivity index (χ2v) is 5.24. The number of ether oxygens (including phenoxy) is 1. The molecule has 0 atom stereocenters. The maximum absolute atomic E-state index is 6.38. The summed E-state index contributed by atoms with van der Waals surface area (Å²) in [6.45, 7) is 2.09. The average Bonchev–Trinajstić information content (AvgIpc) is 2.47. The lowest BCUT2D eigenvalue weighted by atomic mass is 9.94. The fraction of sp³-hybridized carbons (Fsp3) is 0.111. The van der Waals surface area contributed by atoms with Gasteiger partial charge in [-0.05, 0) is 53.3 Å². The maximum Gasteiger partial charge on any atom is 0.119 e. The molecule has 100 valence electrons. The highest BCUT2D eigenvalue weighted by molar-refractivity contribution is 6.36. The Hall–Kier alpha value is -1.99. The van der Waals surface area contributed by atoms with Crippen LogP contribution in [0.15, 0.2) is 54.6 Å². The highest BCUT2D eigenvalue weighted by atomic mass is 35.5. The highest BCUT2D eigenvalue weighted by Crippen LogP contribution is 2.37. The Morgan fingerprint density at radius 3 is 2.35 bits per heavy atom. The molecule has 0 bridgehead atoms. The van der Waals surface area contributed by atoms with Crippen molar-refractivity contribution in [1.82, 2.24) is 0 Å². The second-order valence-electron chi connectivity index (χ2n) is 4.83. The van der Waals surface area contributed by atoms with Gasteiger partial charge in [-0.3, -0.25) is 0 Å². The summed E-state index contributed by atoms with van der Waals surface area (Å²) in [7, 11) is 1.68. The van der Waals surface area contributed by atoms with Crippen LogP contribution < -0.4 is 4.74 Å². The van der Waals surface area contributed by atoms with E-state index in [-0.39, 0.29) is 0 Å². The molecular formula is C18H15ClO. The van der Waals surface area contributed by atoms with Crippen LogP contribution in [0.2, 0.25) is 5.02 Å². The van der Waals surface area contributed by atoms with E-state index >= 15 is 0 Å². The molecule has 3 rings (SSSR count). The van der Waals surface area contributed by atoms with Crippen molar-refractivity contribution in [3.8, 4) is 16.9 Å². The first-order valence-corrected chi connectivity index (χ1v) is 6.91. The summed E-state index contributed by atoms with van der Waals surface area (Å²) in [4.78, 5) is 0. The van der Waals surface area contributed by atoms with Gasteiger partial charge in [-0.25, -0.2) is 0 Å². The zero-order valence-corrected chi connectivity index (χ0v) is 12.2. The van der Waals surface area contributed by atoms with Crippen LogP contribution in [0.5, 0.6) is 5.75 Å². The van der Waals surface area contributed by atoms with Gasteiger partial charge in [-0.15, -0.1) is 0 Å². The van der Waals surface area contributed by atoms with E-state index in [2.05, 4.69) is 37.3 Å². The summed E-state index contributed by atoms with van der Waals surface area (Å²) >= 11 is 6.38. The van der Waals surface area contributed by atoms with Gasteiger partial charge in [-0.1, -0.05) is 41.9 Å². The molecule has 0 saturated heterocycles. The molecule has 0 N–H and O–H groups in total. The van der Waals surface area contributed by atoms with Crippen molar-refractivity contribution < 1.29 is 4.74 Å². The van der Waals surface area contributed by atoms with Crippen molar-refractivity contribution in [2.45, 2.75) is 6.92 Å². The number of hydrogen-bond donors (Lipinski definition) is 0. The van der Waals surface area contributed by atoms with E-state index in [1.165, 1.54) is 16.7 Å². The van der Waals surface area contributed by atoms with Crippen molar-refractivity contribution >= 4 is 22.4 Å². The van der Waals surface area contributed by atoms with Gasteiger partial charge in [0.15, 0.2) is 0 Å². The largest absolute Gasteiger partial charge is 0.497 e. The Kier molecular flexibility index (Phi) is 3.37. The maximum atomic E-state index is 6.38. The summed E-state index contributed by atoms with van der Waals surface area (Å²) in [5.41, 5.74) is 3.57. The van der Waals surface area contributed by atoms with Crippen molar-refractivity contribution in [2.75, 3.05) is 7.11 Å². The third-order valence-electron chi connectivity index (χ3n) is 3.55. The van der Waals surface area contributed by atoms with E-state index < -0.39 is 0 Å². The molecule has 0 aliphatic carbocycles. The van der Waals surface area contributed by atoms with Crippen molar-refractivity contribution in [3.05, 3.63) is 65.2 Å². The molecule has 0 aromatic heterocycles. The number of benzene rings is 3. The van der Waals surface area contributed by atoms with Crippen LogP contribution in [-0.4, -0.2) is 7.11 Å². The summed E-state index contributed by atoms with van der Waals surface area (Å²) in [6, 6.07) is 18.4. The number of halogens is 1. The van der Waals surface area contributed by atoms with Crippen LogP contribution in [0.25, 0.3) is 21.9 Å². The van der Waals surface area contributed by atoms with E-state index in [4.69, 9.17) is 16.3 Å². The van der Waals surface area contributed by atoms with Crippen LogP contribution in [0, 0.1) is 6.92 Å². The minimum Gasteiger partial charge on any atom is -0.497 e. The molecule has 1 nitrogen and oxygen atoms in total. The molecular weight excluding hydrogens is 268 g/mol. The van der Waals surface area contributed by atoms with E-state index in [9.17, 15) is 0 Å². The van der Waals surface area contributed by atoms with Crippen molar-refractivity contribution in [2.24, 2.45) is 0 Å². The lowest BCUT2D eigenvalue weighted by Gasteiger charge is -2.13. The topological polar surface area (TPSA) is 9.23 Å². The molecule has 0 heterocycles. The first-order chi connectivity index (χ1) is 9.70. The molecule has 0 saturated carbocycles. The molecule has 20 heavy (non-hydrogen) atoms. The Bertz CT molecular complexity index is 763. The van der Waals surface area contributed by atoms with Gasteiger partial charge in [0.2, 0.25) is 0 Å². The zero-order valence-electron chi connectivity index (χ0n) is 11.5. The normalized spacial score (nSPS) is 10.8. The molecule has 0 radical (unpaired) electrons. The van der Waals surface area contributed by atoms with Gasteiger partial charge in [0.25, 0.3) is 0 Å². The molecule has 0 aliphatic rings. The molecule has 2 heteroatoms. The fourth-order valence-electron chi connectivity index (χ4n) is 2.61. The Morgan fingerprint density at radius 1 is 0.900 bits per heavy atom. The zero-order chi connectivity index (χ0) is 14.1. The first-order valence-electron chi connectivity index (χ1n) is 6.53. The van der Waals surface area contributed by atoms with Gasteiger partial charge in [0, 0.05) is 10.4 Å². The summed E-state index contributed by atoms with van der Waals surface area (Å²) < 4.78 is 5.35. The quantitative estimate of drug-likeness (QED) is 0.605. The van der Waals surface area contributed by atoms with Crippen LogP contribution in [-0.2, 0) is 0 Å². The standard InChI is InChI=1S/C18H15ClO/c1-12-10-17(19)15-9-8-14(20-2)11-16(15)18(12)13-6-4-3-5-7-13/h3-11H,1-2H3. The number of aryl methyl sites for hydroxylation is 1. The fourth-order valence-corrected chi connectivity index (χ4v) is 2.93. The molecule has 0 fully saturated rings. The van der Waals surface area contributed by atoms with E-state index in [0.29, 0.717) is 0 Å². The summed E-state index contributed by atoms with van der Waals surface area (Å²) in [5, 5.41) is 2.96. The van der Waals surface area contributed by atoms with Crippen molar-refractivity contribution in [3.63, 3.8) is 0 Å². The molecule has 3 aromatic rings. The summed E-state index contributed by atoms with van der Waals surface area (Å²) in [6.07, 6.45) is 0. The van der Waals surface area contributed by atoms with Gasteiger partial charge in [-0.2, -0.15) is 0 Å². The van der Waals surface area contributed by atoms with E-state index in [1.54, 1.807) is 7.11 Å². The lowest BCUT2D eigenvalue weighted by molar-refractivity contribution is 0.415. The molecule has 0 aliphatic heterocycles. The summed E-state index contributed by atoms with van der Waals surface area (Å²) in [5.74, 6) is 0.844. The van der Waals surface area contributed by atoms with Gasteiger partial charge in [0.1, 0.15) is 5.75 Å². The van der Waals surface area contributed by atoms with Crippen LogP contribution >= 0.6 is 11.6 Å². The van der Waals surface area contributed by atoms with Gasteiger partial charge < -0.3 is 4.74 Å². The van der Waals surface area contributed by atoms with E-state index in [0.717, 1.165) is 21.5 Å². The molecule has 0 unspecified atom stereocenters. The van der Waals surface area contributed by atoms with Crippen LogP contribution in [0.1, 0.15) is 5.56 Å². The van der Waals surface area contributed by atoms with Crippen molar-refractivity contribution in [1.29, 1.82) is 0 Å². The Labute approximate surface area is 123 Å². The minimum absolute atomic E-state index is 0.778. The minimum atomic E-state index is 0.778. The number of hydrogen-bond acceptors (Lipinski definition) is 1. The average molecular weight is 283 g/mol. The second kappa shape index (κ2) is 5.18. The number of fused-ring (bicyclic) bond motifs is 1. The molecule has 3 aromatic carbocycles. The predicted octanol–water partition coefficient (Wildman–Crippen LogP) is 5.48. The third kappa shape index (κ3) is 2.14. The first kappa shape index (κ1) is 13.0. The Morgan fingerprint density at radius 2 is 1.65 bits per heavy atom. The van der Waals surface area contributed by atoms with Crippen LogP contribution in [0.3, 0.4) is 0 Å². The van der Waals surface area contributed by atoms with Gasteiger partial charge >= 0.3 is 0 Å². The number of rotatable bonds is 2. The smallest absolute Gasteiger partial charge is 0.119 e. The predicted molar refractivity (Wildman–Crippen MR) is 85.7 cm³/mol. The molecule has 0 spiro atoms. The van der Waals surface area contributed by atoms with Crippen LogP contribution in [0.4, 0.5) is 0 Å². The Balaban J connectivity index is 2.40. The third-order valence-corrected chi connectivity index (χ3v) is 3.87. The monoisotopic (exact) mass is 282 g/mol. The molecule has 0 amide bonds. The van der Waals surface area contributed by atoms with E-state index in [1.807, 2.05) is 24.3 Å². The highest BCUT2D eigenvalue weighted by Gasteiger charge is 2.11. The number of methoxy groups -OCH3 is 1. The SMILES string of the molecule is COc1ccc2c(Cl)cc(C)c(-c3ccccc3)c2c1. The van der Waals surface area contributed by atoms with Gasteiger partial charge in [0.05, 0.1) is 7.11 Å². The lowest BCUT2D eigenvalue weighted by Crippen LogP contribution is -1.89.